The van der Waals surface area contributed by atoms with Crippen molar-refractivity contribution in [3.8, 4) is 5.75 Å². The van der Waals surface area contributed by atoms with Crippen LogP contribution in [0.5, 0.6) is 5.75 Å². The van der Waals surface area contributed by atoms with Crippen LogP contribution >= 0.6 is 0 Å². The van der Waals surface area contributed by atoms with Gasteiger partial charge in [-0.25, -0.2) is 4.79 Å². The highest BCUT2D eigenvalue weighted by atomic mass is 16.5. The molecule has 2 unspecified atom stereocenters. The van der Waals surface area contributed by atoms with Crippen molar-refractivity contribution in [2.45, 2.75) is 45.1 Å². The number of carbonyl (C=O) groups is 3. The first kappa shape index (κ1) is 31.3. The number of hydrogen-bond donors (Lipinski definition) is 3. The monoisotopic (exact) mass is 605 g/mol. The molecule has 45 heavy (non-hydrogen) atoms. The number of aryl methyl sites for hydroxylation is 1. The van der Waals surface area contributed by atoms with Crippen LogP contribution in [0.15, 0.2) is 97.2 Å². The van der Waals surface area contributed by atoms with Crippen molar-refractivity contribution in [2.24, 2.45) is 5.92 Å². The van der Waals surface area contributed by atoms with Crippen molar-refractivity contribution in [3.05, 3.63) is 114 Å². The number of nitrogens with one attached hydrogen (secondary N) is 2. The number of amides is 3. The fourth-order valence-corrected chi connectivity index (χ4v) is 5.94. The Morgan fingerprint density at radius 3 is 2.42 bits per heavy atom. The molecule has 0 aliphatic carbocycles. The number of urea groups is 1. The molecule has 0 spiro atoms. The van der Waals surface area contributed by atoms with E-state index in [0.29, 0.717) is 25.7 Å². The Balaban J connectivity index is 1.28. The summed E-state index contributed by atoms with van der Waals surface area (Å²) in [4.78, 5) is 43.6. The Kier molecular flexibility index (Phi) is 10.1. The zero-order valence-electron chi connectivity index (χ0n) is 25.7. The van der Waals surface area contributed by atoms with Gasteiger partial charge in [0.2, 0.25) is 5.91 Å². The number of fused-ring (bicyclic) bond motifs is 2. The predicted octanol–water partition coefficient (Wildman–Crippen LogP) is 7.29. The molecule has 8 heteroatoms. The highest BCUT2D eigenvalue weighted by Crippen LogP contribution is 2.26. The molecule has 8 nitrogen and oxygen atoms in total. The van der Waals surface area contributed by atoms with Gasteiger partial charge in [0.15, 0.2) is 0 Å². The standard InChI is InChI=1S/C37H39N3O5/c1-3-40(37(44)39-34(26-11-5-4-6-12-26)22-30-24-38-33-15-8-7-14-32(30)33)36(43)29(23-35(41)42)13-9-10-25-16-17-28-21-31(45-2)19-18-27(28)20-25/h4-8,11-12,14-21,24,29,34,38H,3,9-10,13,22-23H2,1-2H3,(H,39,44)(H,41,42). The minimum absolute atomic E-state index is 0.128. The lowest BCUT2D eigenvalue weighted by Gasteiger charge is -2.27. The number of H-pyrrole nitrogens is 1. The molecular weight excluding hydrogens is 566 g/mol. The number of para-hydroxylation sites is 1. The van der Waals surface area contributed by atoms with Gasteiger partial charge in [-0.05, 0) is 78.3 Å². The number of imide groups is 1. The number of carboxylic acid groups (broad SMARTS) is 1. The van der Waals surface area contributed by atoms with Gasteiger partial charge in [-0.1, -0.05) is 72.8 Å². The van der Waals surface area contributed by atoms with E-state index in [1.165, 1.54) is 0 Å². The normalized spacial score (nSPS) is 12.5. The highest BCUT2D eigenvalue weighted by molar-refractivity contribution is 5.97. The topological polar surface area (TPSA) is 112 Å². The van der Waals surface area contributed by atoms with E-state index in [1.54, 1.807) is 14.0 Å². The molecule has 3 N–H and O–H groups in total. The zero-order valence-corrected chi connectivity index (χ0v) is 25.7. The average molecular weight is 606 g/mol. The van der Waals surface area contributed by atoms with E-state index < -0.39 is 29.9 Å². The Labute approximate surface area is 263 Å². The van der Waals surface area contributed by atoms with E-state index in [4.69, 9.17) is 4.74 Å². The molecule has 1 heterocycles. The van der Waals surface area contributed by atoms with Gasteiger partial charge in [-0.3, -0.25) is 14.5 Å². The maximum absolute atomic E-state index is 13.7. The molecule has 0 aliphatic rings. The second-order valence-electron chi connectivity index (χ2n) is 11.3. The Morgan fingerprint density at radius 2 is 1.67 bits per heavy atom. The van der Waals surface area contributed by atoms with E-state index >= 15 is 0 Å². The summed E-state index contributed by atoms with van der Waals surface area (Å²) in [6.45, 7) is 1.86. The molecule has 232 valence electrons. The third-order valence-corrected chi connectivity index (χ3v) is 8.33. The summed E-state index contributed by atoms with van der Waals surface area (Å²) in [6, 6.07) is 28.8. The first-order valence-corrected chi connectivity index (χ1v) is 15.4. The molecule has 4 aromatic carbocycles. The van der Waals surface area contributed by atoms with Crippen molar-refractivity contribution in [1.82, 2.24) is 15.2 Å². The number of rotatable bonds is 13. The first-order chi connectivity index (χ1) is 21.9. The van der Waals surface area contributed by atoms with Crippen LogP contribution in [0, 0.1) is 5.92 Å². The van der Waals surface area contributed by atoms with Crippen LogP contribution in [0.4, 0.5) is 4.79 Å². The molecule has 0 aliphatic heterocycles. The second-order valence-corrected chi connectivity index (χ2v) is 11.3. The van der Waals surface area contributed by atoms with E-state index in [0.717, 1.165) is 49.0 Å². The molecule has 0 saturated carbocycles. The average Bonchev–Trinajstić information content (AvgIpc) is 3.46. The number of carboxylic acids is 1. The van der Waals surface area contributed by atoms with Gasteiger partial charge < -0.3 is 20.1 Å². The maximum atomic E-state index is 13.7. The van der Waals surface area contributed by atoms with Crippen molar-refractivity contribution in [3.63, 3.8) is 0 Å². The largest absolute Gasteiger partial charge is 0.497 e. The number of hydrogen-bond acceptors (Lipinski definition) is 4. The van der Waals surface area contributed by atoms with Gasteiger partial charge in [0, 0.05) is 29.6 Å². The summed E-state index contributed by atoms with van der Waals surface area (Å²) in [6.07, 6.45) is 3.78. The van der Waals surface area contributed by atoms with Crippen molar-refractivity contribution < 1.29 is 24.2 Å². The molecule has 5 aromatic rings. The van der Waals surface area contributed by atoms with Gasteiger partial charge in [-0.15, -0.1) is 0 Å². The summed E-state index contributed by atoms with van der Waals surface area (Å²) < 4.78 is 5.31. The molecule has 1 aromatic heterocycles. The quantitative estimate of drug-likeness (QED) is 0.131. The molecule has 5 rings (SSSR count). The molecule has 3 amide bonds. The molecule has 0 saturated heterocycles. The second kappa shape index (κ2) is 14.6. The van der Waals surface area contributed by atoms with Gasteiger partial charge in [-0.2, -0.15) is 0 Å². The van der Waals surface area contributed by atoms with Gasteiger partial charge in [0.1, 0.15) is 5.75 Å². The number of nitrogens with zero attached hydrogens (tertiary/aromatic N) is 1. The summed E-state index contributed by atoms with van der Waals surface area (Å²) in [7, 11) is 1.64. The number of methoxy groups -OCH3 is 1. The van der Waals surface area contributed by atoms with Crippen LogP contribution in [0.3, 0.4) is 0 Å². The number of ether oxygens (including phenoxy) is 1. The van der Waals surface area contributed by atoms with Crippen LogP contribution in [-0.4, -0.2) is 46.6 Å². The molecular formula is C37H39N3O5. The van der Waals surface area contributed by atoms with E-state index in [1.807, 2.05) is 91.1 Å². The Bertz CT molecular complexity index is 1780. The Morgan fingerprint density at radius 1 is 0.933 bits per heavy atom. The summed E-state index contributed by atoms with van der Waals surface area (Å²) in [5.41, 5.74) is 4.07. The highest BCUT2D eigenvalue weighted by Gasteiger charge is 2.31. The first-order valence-electron chi connectivity index (χ1n) is 15.4. The van der Waals surface area contributed by atoms with Crippen molar-refractivity contribution in [1.29, 1.82) is 0 Å². The number of aliphatic carboxylic acids is 1. The zero-order chi connectivity index (χ0) is 31.8. The lowest BCUT2D eigenvalue weighted by Crippen LogP contribution is -2.48. The Hall–Kier alpha value is -5.11. The van der Waals surface area contributed by atoms with E-state index in [-0.39, 0.29) is 13.0 Å². The lowest BCUT2D eigenvalue weighted by atomic mass is 9.94. The molecule has 0 fully saturated rings. The molecule has 0 radical (unpaired) electrons. The third kappa shape index (κ3) is 7.70. The predicted molar refractivity (Wildman–Crippen MR) is 176 cm³/mol. The third-order valence-electron chi connectivity index (χ3n) is 8.33. The molecule has 2 atom stereocenters. The SMILES string of the molecule is CCN(C(=O)NC(Cc1c[nH]c2ccccc12)c1ccccc1)C(=O)C(CCCc1ccc2cc(OC)ccc2c1)CC(=O)O. The fraction of sp³-hybridized carbons (Fsp3) is 0.270. The number of aromatic amines is 1. The summed E-state index contributed by atoms with van der Waals surface area (Å²) >= 11 is 0. The van der Waals surface area contributed by atoms with Gasteiger partial charge in [0.25, 0.3) is 0 Å². The minimum Gasteiger partial charge on any atom is -0.497 e. The van der Waals surface area contributed by atoms with Gasteiger partial charge >= 0.3 is 12.0 Å². The number of carbonyl (C=O) groups excluding carboxylic acids is 2. The van der Waals surface area contributed by atoms with Crippen LogP contribution < -0.4 is 10.1 Å². The van der Waals surface area contributed by atoms with Crippen molar-refractivity contribution >= 4 is 39.6 Å². The summed E-state index contributed by atoms with van der Waals surface area (Å²) in [5.74, 6) is -1.56. The fourth-order valence-electron chi connectivity index (χ4n) is 5.94. The maximum Gasteiger partial charge on any atom is 0.324 e. The van der Waals surface area contributed by atoms with Gasteiger partial charge in [0.05, 0.1) is 19.6 Å². The van der Waals surface area contributed by atoms with Crippen LogP contribution in [0.2, 0.25) is 0 Å². The van der Waals surface area contributed by atoms with Crippen LogP contribution in [0.1, 0.15) is 48.9 Å². The van der Waals surface area contributed by atoms with Crippen LogP contribution in [0.25, 0.3) is 21.7 Å². The molecule has 0 bridgehead atoms. The van der Waals surface area contributed by atoms with Crippen molar-refractivity contribution in [2.75, 3.05) is 13.7 Å². The minimum atomic E-state index is -1.06. The van der Waals surface area contributed by atoms with Crippen LogP contribution in [-0.2, 0) is 22.4 Å². The number of benzene rings is 4. The lowest BCUT2D eigenvalue weighted by molar-refractivity contribution is -0.143. The smallest absolute Gasteiger partial charge is 0.324 e. The number of aromatic nitrogens is 1. The summed E-state index contributed by atoms with van der Waals surface area (Å²) in [5, 5.41) is 15.9. The van der Waals surface area contributed by atoms with E-state index in [9.17, 15) is 19.5 Å². The van der Waals surface area contributed by atoms with E-state index in [2.05, 4.69) is 16.4 Å².